The molecule has 2 aromatic heterocycles. The summed E-state index contributed by atoms with van der Waals surface area (Å²) in [6, 6.07) is 12.7. The van der Waals surface area contributed by atoms with Crippen LogP contribution in [0.2, 0.25) is 0 Å². The highest BCUT2D eigenvalue weighted by atomic mass is 19.1. The fourth-order valence-electron chi connectivity index (χ4n) is 3.68. The van der Waals surface area contributed by atoms with E-state index in [1.54, 1.807) is 12.1 Å². The van der Waals surface area contributed by atoms with E-state index < -0.39 is 0 Å². The fourth-order valence-corrected chi connectivity index (χ4v) is 3.68. The SMILES string of the molecule is Cn1ccnc1CN1CCC[C@H](c2cccc(-c3cccc(F)c3)n2)C1. The summed E-state index contributed by atoms with van der Waals surface area (Å²) in [7, 11) is 2.04. The Morgan fingerprint density at radius 3 is 2.88 bits per heavy atom. The van der Waals surface area contributed by atoms with Crippen molar-refractivity contribution < 1.29 is 4.39 Å². The van der Waals surface area contributed by atoms with Crippen molar-refractivity contribution in [2.75, 3.05) is 13.1 Å². The van der Waals surface area contributed by atoms with Gasteiger partial charge >= 0.3 is 0 Å². The summed E-state index contributed by atoms with van der Waals surface area (Å²) in [4.78, 5) is 11.7. The van der Waals surface area contributed by atoms with Crippen LogP contribution in [0.4, 0.5) is 4.39 Å². The summed E-state index contributed by atoms with van der Waals surface area (Å²) in [6.07, 6.45) is 6.12. The Hall–Kier alpha value is -2.53. The molecule has 0 bridgehead atoms. The Morgan fingerprint density at radius 2 is 2.08 bits per heavy atom. The van der Waals surface area contributed by atoms with Gasteiger partial charge in [-0.15, -0.1) is 0 Å². The minimum atomic E-state index is -0.228. The Morgan fingerprint density at radius 1 is 1.19 bits per heavy atom. The lowest BCUT2D eigenvalue weighted by atomic mass is 9.94. The molecule has 134 valence electrons. The predicted molar refractivity (Wildman–Crippen MR) is 100 cm³/mol. The molecule has 1 fully saturated rings. The molecule has 0 N–H and O–H groups in total. The Labute approximate surface area is 153 Å². The fraction of sp³-hybridized carbons (Fsp3) is 0.333. The number of pyridine rings is 1. The van der Waals surface area contributed by atoms with Gasteiger partial charge < -0.3 is 4.57 Å². The minimum absolute atomic E-state index is 0.228. The number of aromatic nitrogens is 3. The second-order valence-electron chi connectivity index (χ2n) is 6.99. The molecule has 1 aromatic carbocycles. The van der Waals surface area contributed by atoms with Crippen LogP contribution >= 0.6 is 0 Å². The highest BCUT2D eigenvalue weighted by molar-refractivity contribution is 5.59. The lowest BCUT2D eigenvalue weighted by Crippen LogP contribution is -2.34. The van der Waals surface area contributed by atoms with E-state index in [9.17, 15) is 4.39 Å². The van der Waals surface area contributed by atoms with E-state index in [0.717, 1.165) is 55.3 Å². The van der Waals surface area contributed by atoms with E-state index in [4.69, 9.17) is 4.98 Å². The lowest BCUT2D eigenvalue weighted by Gasteiger charge is -2.32. The first kappa shape index (κ1) is 16.9. The summed E-state index contributed by atoms with van der Waals surface area (Å²) in [5.74, 6) is 1.26. The topological polar surface area (TPSA) is 34.0 Å². The molecule has 0 amide bonds. The van der Waals surface area contributed by atoms with Gasteiger partial charge in [0.05, 0.1) is 12.2 Å². The average Bonchev–Trinajstić information content (AvgIpc) is 3.07. The third kappa shape index (κ3) is 3.68. The average molecular weight is 350 g/mol. The Bertz CT molecular complexity index is 889. The van der Waals surface area contributed by atoms with Crippen LogP contribution in [0.25, 0.3) is 11.3 Å². The zero-order valence-corrected chi connectivity index (χ0v) is 15.0. The maximum absolute atomic E-state index is 13.5. The molecule has 4 rings (SSSR count). The van der Waals surface area contributed by atoms with Crippen LogP contribution in [0.15, 0.2) is 54.9 Å². The van der Waals surface area contributed by atoms with E-state index in [1.807, 2.05) is 37.6 Å². The summed E-state index contributed by atoms with van der Waals surface area (Å²) >= 11 is 0. The third-order valence-electron chi connectivity index (χ3n) is 5.10. The number of benzene rings is 1. The van der Waals surface area contributed by atoms with Gasteiger partial charge in [0, 0.05) is 43.2 Å². The van der Waals surface area contributed by atoms with Crippen LogP contribution in [0.5, 0.6) is 0 Å². The Kier molecular flexibility index (Phi) is 4.80. The molecule has 1 aliphatic heterocycles. The Balaban J connectivity index is 1.52. The van der Waals surface area contributed by atoms with Crippen LogP contribution in [-0.4, -0.2) is 32.5 Å². The molecule has 3 aromatic rings. The van der Waals surface area contributed by atoms with Crippen LogP contribution in [-0.2, 0) is 13.6 Å². The van der Waals surface area contributed by atoms with Crippen molar-refractivity contribution in [3.05, 3.63) is 72.2 Å². The van der Waals surface area contributed by atoms with E-state index in [2.05, 4.69) is 20.5 Å². The first-order chi connectivity index (χ1) is 12.7. The zero-order valence-electron chi connectivity index (χ0n) is 15.0. The molecule has 1 saturated heterocycles. The van der Waals surface area contributed by atoms with Gasteiger partial charge in [0.2, 0.25) is 0 Å². The molecule has 0 saturated carbocycles. The van der Waals surface area contributed by atoms with Crippen molar-refractivity contribution in [1.82, 2.24) is 19.4 Å². The minimum Gasteiger partial charge on any atom is -0.337 e. The van der Waals surface area contributed by atoms with Crippen molar-refractivity contribution in [1.29, 1.82) is 0 Å². The number of imidazole rings is 1. The molecule has 0 unspecified atom stereocenters. The van der Waals surface area contributed by atoms with E-state index in [-0.39, 0.29) is 5.82 Å². The van der Waals surface area contributed by atoms with Gasteiger partial charge in [0.15, 0.2) is 0 Å². The molecule has 26 heavy (non-hydrogen) atoms. The zero-order chi connectivity index (χ0) is 17.9. The quantitative estimate of drug-likeness (QED) is 0.713. The number of nitrogens with zero attached hydrogens (tertiary/aromatic N) is 4. The normalized spacial score (nSPS) is 18.2. The van der Waals surface area contributed by atoms with Crippen molar-refractivity contribution in [3.8, 4) is 11.3 Å². The number of hydrogen-bond donors (Lipinski definition) is 0. The van der Waals surface area contributed by atoms with Gasteiger partial charge in [-0.05, 0) is 43.7 Å². The molecule has 3 heterocycles. The maximum atomic E-state index is 13.5. The predicted octanol–water partition coefficient (Wildman–Crippen LogP) is 4.00. The highest BCUT2D eigenvalue weighted by Crippen LogP contribution is 2.28. The van der Waals surface area contributed by atoms with Crippen LogP contribution in [0, 0.1) is 5.82 Å². The lowest BCUT2D eigenvalue weighted by molar-refractivity contribution is 0.192. The van der Waals surface area contributed by atoms with E-state index in [1.165, 1.54) is 6.07 Å². The summed E-state index contributed by atoms with van der Waals surface area (Å²) in [5, 5.41) is 0. The van der Waals surface area contributed by atoms with E-state index >= 15 is 0 Å². The smallest absolute Gasteiger partial charge is 0.123 e. The third-order valence-corrected chi connectivity index (χ3v) is 5.10. The summed E-state index contributed by atoms with van der Waals surface area (Å²) in [6.45, 7) is 2.93. The first-order valence-electron chi connectivity index (χ1n) is 9.10. The summed E-state index contributed by atoms with van der Waals surface area (Å²) < 4.78 is 15.6. The van der Waals surface area contributed by atoms with Crippen molar-refractivity contribution in [2.24, 2.45) is 7.05 Å². The van der Waals surface area contributed by atoms with Crippen LogP contribution in [0.3, 0.4) is 0 Å². The maximum Gasteiger partial charge on any atom is 0.123 e. The van der Waals surface area contributed by atoms with Gasteiger partial charge in [-0.3, -0.25) is 9.88 Å². The number of aryl methyl sites for hydroxylation is 1. The van der Waals surface area contributed by atoms with Gasteiger partial charge in [-0.25, -0.2) is 9.37 Å². The van der Waals surface area contributed by atoms with Crippen LogP contribution in [0.1, 0.15) is 30.3 Å². The number of rotatable bonds is 4. The largest absolute Gasteiger partial charge is 0.337 e. The van der Waals surface area contributed by atoms with Gasteiger partial charge in [0.1, 0.15) is 11.6 Å². The molecule has 0 radical (unpaired) electrons. The highest BCUT2D eigenvalue weighted by Gasteiger charge is 2.23. The van der Waals surface area contributed by atoms with Crippen molar-refractivity contribution in [2.45, 2.75) is 25.3 Å². The number of likely N-dealkylation sites (tertiary alicyclic amines) is 1. The van der Waals surface area contributed by atoms with Crippen molar-refractivity contribution >= 4 is 0 Å². The molecule has 5 heteroatoms. The summed E-state index contributed by atoms with van der Waals surface area (Å²) in [5.41, 5.74) is 2.76. The molecule has 4 nitrogen and oxygen atoms in total. The standard InChI is InChI=1S/C21H23FN4/c1-25-12-10-23-21(25)15-26-11-4-6-17(14-26)20-9-3-8-19(24-20)16-5-2-7-18(22)13-16/h2-3,5,7-10,12-13,17H,4,6,11,14-15H2,1H3/t17-/m0/s1. The number of piperidine rings is 1. The molecule has 1 atom stereocenters. The molecule has 0 spiro atoms. The molecular formula is C21H23FN4. The van der Waals surface area contributed by atoms with Crippen LogP contribution < -0.4 is 0 Å². The van der Waals surface area contributed by atoms with Gasteiger partial charge in [-0.2, -0.15) is 0 Å². The van der Waals surface area contributed by atoms with E-state index in [0.29, 0.717) is 5.92 Å². The molecule has 0 aliphatic carbocycles. The number of halogens is 1. The van der Waals surface area contributed by atoms with Crippen molar-refractivity contribution in [3.63, 3.8) is 0 Å². The molecule has 1 aliphatic rings. The number of hydrogen-bond acceptors (Lipinski definition) is 3. The second kappa shape index (κ2) is 7.38. The molecular weight excluding hydrogens is 327 g/mol. The van der Waals surface area contributed by atoms with Gasteiger partial charge in [0.25, 0.3) is 0 Å². The van der Waals surface area contributed by atoms with Gasteiger partial charge in [-0.1, -0.05) is 18.2 Å². The second-order valence-corrected chi connectivity index (χ2v) is 6.99. The monoisotopic (exact) mass is 350 g/mol. The first-order valence-corrected chi connectivity index (χ1v) is 9.10.